The third kappa shape index (κ3) is 3.47. The fourth-order valence-electron chi connectivity index (χ4n) is 2.11. The summed E-state index contributed by atoms with van der Waals surface area (Å²) in [6.45, 7) is 1.66. The van der Waals surface area contributed by atoms with Gasteiger partial charge in [0.1, 0.15) is 0 Å². The van der Waals surface area contributed by atoms with Crippen molar-refractivity contribution in [2.24, 2.45) is 5.16 Å². The smallest absolute Gasteiger partial charge is 0.376 e. The van der Waals surface area contributed by atoms with Gasteiger partial charge in [-0.05, 0) is 23.4 Å². The average Bonchev–Trinajstić information content (AvgIpc) is 2.48. The van der Waals surface area contributed by atoms with Gasteiger partial charge in [-0.3, -0.25) is 4.79 Å². The van der Waals surface area contributed by atoms with E-state index in [1.54, 1.807) is 18.0 Å². The second-order valence-electron chi connectivity index (χ2n) is 4.50. The van der Waals surface area contributed by atoms with Crippen LogP contribution in [0.15, 0.2) is 29.4 Å². The molecule has 110 valence electrons. The van der Waals surface area contributed by atoms with Gasteiger partial charge in [0.2, 0.25) is 0 Å². The Kier molecular flexibility index (Phi) is 4.71. The summed E-state index contributed by atoms with van der Waals surface area (Å²) in [6.07, 6.45) is 4.91. The maximum atomic E-state index is 11.8. The second kappa shape index (κ2) is 6.69. The summed E-state index contributed by atoms with van der Waals surface area (Å²) in [6, 6.07) is 7.21. The number of nitrogens with zero attached hydrogens (tertiary/aromatic N) is 2. The van der Waals surface area contributed by atoms with Crippen LogP contribution in [0.2, 0.25) is 0 Å². The average molecular weight is 288 g/mol. The zero-order valence-electron chi connectivity index (χ0n) is 11.6. The van der Waals surface area contributed by atoms with Crippen molar-refractivity contribution in [2.45, 2.75) is 13.0 Å². The zero-order chi connectivity index (χ0) is 15.2. The molecule has 1 aromatic rings. The first-order chi connectivity index (χ1) is 10.2. The first-order valence-electron chi connectivity index (χ1n) is 6.57. The maximum absolute atomic E-state index is 11.8. The Labute approximate surface area is 121 Å². The highest BCUT2D eigenvalue weighted by atomic mass is 16.5. The molecule has 6 heteroatoms. The fraction of sp³-hybridized carbons (Fsp3) is 0.267. The Morgan fingerprint density at radius 2 is 2.10 bits per heavy atom. The molecule has 1 aliphatic heterocycles. The van der Waals surface area contributed by atoms with E-state index in [9.17, 15) is 9.59 Å². The van der Waals surface area contributed by atoms with E-state index < -0.39 is 17.8 Å². The number of esters is 1. The second-order valence-corrected chi connectivity index (χ2v) is 4.50. The Bertz CT molecular complexity index is 681. The summed E-state index contributed by atoms with van der Waals surface area (Å²) in [4.78, 5) is 24.9. The highest BCUT2D eigenvalue weighted by Crippen LogP contribution is 2.04. The number of Topliss-reactive ketones (excluding diaryl/α,β-unsaturated/α-hetero) is 1. The van der Waals surface area contributed by atoms with Crippen LogP contribution in [-0.4, -0.2) is 47.3 Å². The van der Waals surface area contributed by atoms with Crippen LogP contribution < -0.4 is 10.4 Å². The molecular formula is C15H16N2O4. The monoisotopic (exact) mass is 288 g/mol. The lowest BCUT2D eigenvalue weighted by atomic mass is 10.1. The van der Waals surface area contributed by atoms with Crippen LogP contribution in [0.5, 0.6) is 0 Å². The Hall–Kier alpha value is -2.63. The standard InChI is InChI=1S/C15H16N2O4/c1-2-21-15(19)14(18)10-17-9-12-6-4-3-5-11(12)7-13(17)8-16-20/h3-9,13,20H,2,10H2,1H3/b16-8+. The van der Waals surface area contributed by atoms with Gasteiger partial charge >= 0.3 is 5.97 Å². The number of hydrogen-bond donors (Lipinski definition) is 1. The molecule has 6 nitrogen and oxygen atoms in total. The molecule has 1 aliphatic rings. The molecule has 1 unspecified atom stereocenters. The van der Waals surface area contributed by atoms with Crippen molar-refractivity contribution in [3.8, 4) is 0 Å². The summed E-state index contributed by atoms with van der Waals surface area (Å²) in [5.74, 6) is -1.50. The molecule has 0 radical (unpaired) electrons. The molecule has 1 heterocycles. The molecule has 0 spiro atoms. The van der Waals surface area contributed by atoms with Crippen molar-refractivity contribution in [1.29, 1.82) is 0 Å². The topological polar surface area (TPSA) is 79.2 Å². The lowest BCUT2D eigenvalue weighted by molar-refractivity contribution is -0.153. The Balaban J connectivity index is 2.27. The van der Waals surface area contributed by atoms with E-state index >= 15 is 0 Å². The van der Waals surface area contributed by atoms with Crippen molar-refractivity contribution in [3.05, 3.63) is 34.7 Å². The third-order valence-corrected chi connectivity index (χ3v) is 3.08. The summed E-state index contributed by atoms with van der Waals surface area (Å²) in [5.41, 5.74) is 0. The summed E-state index contributed by atoms with van der Waals surface area (Å²) in [5, 5.41) is 13.7. The van der Waals surface area contributed by atoms with Crippen molar-refractivity contribution in [3.63, 3.8) is 0 Å². The van der Waals surface area contributed by atoms with Gasteiger partial charge in [0, 0.05) is 6.20 Å². The molecule has 0 bridgehead atoms. The lowest BCUT2D eigenvalue weighted by Crippen LogP contribution is -2.45. The van der Waals surface area contributed by atoms with E-state index in [1.807, 2.05) is 30.3 Å². The first-order valence-corrected chi connectivity index (χ1v) is 6.57. The number of ether oxygens (including phenoxy) is 1. The largest absolute Gasteiger partial charge is 0.460 e. The number of rotatable bonds is 5. The molecule has 0 saturated carbocycles. The van der Waals surface area contributed by atoms with Gasteiger partial charge in [-0.1, -0.05) is 29.4 Å². The van der Waals surface area contributed by atoms with Crippen LogP contribution in [0, 0.1) is 0 Å². The molecule has 1 aromatic carbocycles. The van der Waals surface area contributed by atoms with Gasteiger partial charge in [0.25, 0.3) is 5.78 Å². The van der Waals surface area contributed by atoms with Gasteiger partial charge in [-0.15, -0.1) is 0 Å². The van der Waals surface area contributed by atoms with Crippen LogP contribution >= 0.6 is 0 Å². The van der Waals surface area contributed by atoms with Gasteiger partial charge in [0.05, 0.1) is 25.4 Å². The molecule has 2 rings (SSSR count). The minimum Gasteiger partial charge on any atom is -0.460 e. The molecule has 1 atom stereocenters. The minimum atomic E-state index is -0.857. The summed E-state index contributed by atoms with van der Waals surface area (Å²) < 4.78 is 4.69. The summed E-state index contributed by atoms with van der Waals surface area (Å²) in [7, 11) is 0. The number of ketones is 1. The van der Waals surface area contributed by atoms with E-state index in [4.69, 9.17) is 5.21 Å². The highest BCUT2D eigenvalue weighted by Gasteiger charge is 2.22. The van der Waals surface area contributed by atoms with Crippen molar-refractivity contribution < 1.29 is 19.5 Å². The molecule has 1 N–H and O–H groups in total. The van der Waals surface area contributed by atoms with Crippen LogP contribution in [0.4, 0.5) is 0 Å². The molecule has 0 aromatic heterocycles. The van der Waals surface area contributed by atoms with Gasteiger partial charge in [-0.2, -0.15) is 0 Å². The van der Waals surface area contributed by atoms with E-state index in [0.29, 0.717) is 0 Å². The summed E-state index contributed by atoms with van der Waals surface area (Å²) >= 11 is 0. The number of fused-ring (bicyclic) bond motifs is 1. The van der Waals surface area contributed by atoms with Gasteiger partial charge < -0.3 is 14.8 Å². The Morgan fingerprint density at radius 3 is 2.76 bits per heavy atom. The van der Waals surface area contributed by atoms with Crippen LogP contribution in [0.3, 0.4) is 0 Å². The SMILES string of the molecule is CCOC(=O)C(=O)CN1C=c2ccccc2=CC1/C=N/O. The lowest BCUT2D eigenvalue weighted by Gasteiger charge is -2.26. The highest BCUT2D eigenvalue weighted by molar-refractivity contribution is 6.34. The number of oxime groups is 1. The molecule has 0 saturated heterocycles. The number of hydrogen-bond acceptors (Lipinski definition) is 6. The molecule has 0 amide bonds. The van der Waals surface area contributed by atoms with E-state index in [-0.39, 0.29) is 13.2 Å². The number of carbonyl (C=O) groups excluding carboxylic acids is 2. The molecule has 0 fully saturated rings. The van der Waals surface area contributed by atoms with Crippen molar-refractivity contribution >= 4 is 30.2 Å². The molecular weight excluding hydrogens is 272 g/mol. The normalized spacial score (nSPS) is 16.8. The molecule has 21 heavy (non-hydrogen) atoms. The van der Waals surface area contributed by atoms with E-state index in [1.165, 1.54) is 6.21 Å². The van der Waals surface area contributed by atoms with E-state index in [0.717, 1.165) is 10.4 Å². The number of carbonyl (C=O) groups is 2. The number of benzene rings is 1. The van der Waals surface area contributed by atoms with Gasteiger partial charge in [-0.25, -0.2) is 4.79 Å². The van der Waals surface area contributed by atoms with Crippen LogP contribution in [0.25, 0.3) is 12.3 Å². The predicted molar refractivity (Wildman–Crippen MR) is 77.0 cm³/mol. The molecule has 0 aliphatic carbocycles. The Morgan fingerprint density at radius 1 is 1.38 bits per heavy atom. The van der Waals surface area contributed by atoms with Gasteiger partial charge in [0.15, 0.2) is 0 Å². The zero-order valence-corrected chi connectivity index (χ0v) is 11.6. The van der Waals surface area contributed by atoms with Crippen molar-refractivity contribution in [2.75, 3.05) is 13.2 Å². The minimum absolute atomic E-state index is 0.139. The maximum Gasteiger partial charge on any atom is 0.376 e. The van der Waals surface area contributed by atoms with Crippen LogP contribution in [0.1, 0.15) is 6.92 Å². The third-order valence-electron chi connectivity index (χ3n) is 3.08. The first kappa shape index (κ1) is 14.8. The van der Waals surface area contributed by atoms with Crippen molar-refractivity contribution in [1.82, 2.24) is 4.90 Å². The van der Waals surface area contributed by atoms with E-state index in [2.05, 4.69) is 9.89 Å². The van der Waals surface area contributed by atoms with Crippen LogP contribution in [-0.2, 0) is 14.3 Å². The quantitative estimate of drug-likeness (QED) is 0.259. The fourth-order valence-corrected chi connectivity index (χ4v) is 2.11. The predicted octanol–water partition coefficient (Wildman–Crippen LogP) is -0.518.